The molecule has 1 aliphatic rings. The maximum Gasteiger partial charge on any atom is 0.416 e. The van der Waals surface area contributed by atoms with E-state index in [1.54, 1.807) is 19.2 Å². The van der Waals surface area contributed by atoms with Gasteiger partial charge in [0.05, 0.1) is 49.7 Å². The van der Waals surface area contributed by atoms with E-state index in [1.165, 1.54) is 35.2 Å². The van der Waals surface area contributed by atoms with Gasteiger partial charge in [-0.05, 0) is 62.4 Å². The zero-order chi connectivity index (χ0) is 55.0. The van der Waals surface area contributed by atoms with Crippen molar-refractivity contribution in [3.8, 4) is 5.69 Å². The van der Waals surface area contributed by atoms with E-state index >= 15 is 0 Å². The van der Waals surface area contributed by atoms with E-state index in [1.807, 2.05) is 13.1 Å². The Balaban J connectivity index is 0.000000445. The van der Waals surface area contributed by atoms with Gasteiger partial charge in [0, 0.05) is 74.8 Å². The summed E-state index contributed by atoms with van der Waals surface area (Å²) in [5.41, 5.74) is 7.76. The lowest BCUT2D eigenvalue weighted by atomic mass is 10.1. The van der Waals surface area contributed by atoms with Gasteiger partial charge in [0.1, 0.15) is 0 Å². The molecule has 0 aliphatic carbocycles. The fourth-order valence-electron chi connectivity index (χ4n) is 5.02. The molecule has 73 heavy (non-hydrogen) atoms. The quantitative estimate of drug-likeness (QED) is 0.0584. The molecule has 0 bridgehead atoms. The van der Waals surface area contributed by atoms with E-state index in [2.05, 4.69) is 47.9 Å². The minimum absolute atomic E-state index is 0. The van der Waals surface area contributed by atoms with Crippen molar-refractivity contribution in [3.63, 3.8) is 0 Å². The molecule has 0 amide bonds. The van der Waals surface area contributed by atoms with Crippen LogP contribution in [0.4, 0.5) is 88.6 Å². The number of non-ortho nitro benzene ring substituents is 2. The minimum Gasteiger partial charge on any atom is -0.399 e. The van der Waals surface area contributed by atoms with Gasteiger partial charge in [-0.1, -0.05) is 74.3 Å². The van der Waals surface area contributed by atoms with Crippen molar-refractivity contribution < 1.29 is 75.7 Å². The molecule has 0 saturated carbocycles. The van der Waals surface area contributed by atoms with E-state index in [0.29, 0.717) is 22.3 Å². The van der Waals surface area contributed by atoms with Gasteiger partial charge in [-0.3, -0.25) is 25.2 Å². The summed E-state index contributed by atoms with van der Waals surface area (Å²) in [6.45, 7) is 3.76. The van der Waals surface area contributed by atoms with Gasteiger partial charge in [0.2, 0.25) is 0 Å². The van der Waals surface area contributed by atoms with Crippen LogP contribution in [0.1, 0.15) is 46.9 Å². The summed E-state index contributed by atoms with van der Waals surface area (Å²) >= 11 is 5.69. The van der Waals surface area contributed by atoms with E-state index < -0.39 is 79.9 Å². The van der Waals surface area contributed by atoms with Crippen LogP contribution in [-0.2, 0) is 30.9 Å². The maximum absolute atomic E-state index is 12.6. The Morgan fingerprint density at radius 2 is 0.986 bits per heavy atom. The van der Waals surface area contributed by atoms with E-state index in [0.717, 1.165) is 84.5 Å². The third-order valence-corrected chi connectivity index (χ3v) is 9.16. The zero-order valence-electron chi connectivity index (χ0n) is 36.8. The molecule has 1 aliphatic heterocycles. The standard InChI is InChI=1S/C11H10F3N3.C7H3BrF3NO2.C7H5BrF3N.C7H4F3NO2.C7H5F3.C5H7N.HI/c1-7-5-17(6-16-7)10-3-8(11(12,13)14)2-9(15)4-10;8-5-1-4(7(9,10)11)2-6(3-5)12(13)14;8-5-1-4(7(9,10)11)2-6(12)3-5;8-7(9,10)5-2-1-3-6(4-5)11(12)13;8-7(9,10)6-4-2-1-3-5-6;1-5-3-2-4-6-5;/h2-6H,15H2,1H3;1-3H;1-3H,12H2;1-4H;1-5H;3-4H,2H2,1H3;1H. The second-order valence-corrected chi connectivity index (χ2v) is 15.9. The lowest BCUT2D eigenvalue weighted by molar-refractivity contribution is -0.385. The first kappa shape index (κ1) is 64.8. The first-order valence-electron chi connectivity index (χ1n) is 19.2. The highest BCUT2D eigenvalue weighted by molar-refractivity contribution is 14.0. The van der Waals surface area contributed by atoms with Crippen LogP contribution in [-0.4, -0.2) is 25.6 Å². The Labute approximate surface area is 437 Å². The molecule has 0 spiro atoms. The number of aliphatic imine (C=N–C) groups is 1. The SMILES string of the molecule is CC1=CCC=N1.Cc1cn(-c2cc(N)cc(C(F)(F)F)c2)cn1.FC(F)(F)c1ccccc1.I.Nc1cc(Br)cc(C(F)(F)F)c1.O=[N+]([O-])c1cc(Br)cc(C(F)(F)F)c1.O=[N+]([O-])c1cccc(C(F)(F)F)c1. The molecule has 4 N–H and O–H groups in total. The summed E-state index contributed by atoms with van der Waals surface area (Å²) in [4.78, 5) is 26.6. The number of hydrogen-bond acceptors (Lipinski definition) is 8. The number of aromatic nitrogens is 2. The van der Waals surface area contributed by atoms with Crippen LogP contribution >= 0.6 is 55.8 Å². The molecule has 5 aromatic carbocycles. The van der Waals surface area contributed by atoms with Crippen molar-refractivity contribution >= 4 is 84.8 Å². The second kappa shape index (κ2) is 27.7. The lowest BCUT2D eigenvalue weighted by Crippen LogP contribution is -2.07. The maximum atomic E-state index is 12.6. The van der Waals surface area contributed by atoms with Gasteiger partial charge in [0.25, 0.3) is 11.4 Å². The normalized spacial score (nSPS) is 12.0. The number of allylic oxidation sites excluding steroid dienone is 2. The van der Waals surface area contributed by atoms with Crippen LogP contribution < -0.4 is 11.5 Å². The number of nitrogens with two attached hydrogens (primary N) is 2. The summed E-state index contributed by atoms with van der Waals surface area (Å²) < 4.78 is 184. The molecule has 0 unspecified atom stereocenters. The number of rotatable bonds is 3. The molecular formula is C44H35Br2F15IN7O4. The fourth-order valence-corrected chi connectivity index (χ4v) is 6.02. The smallest absolute Gasteiger partial charge is 0.399 e. The third kappa shape index (κ3) is 23.9. The lowest BCUT2D eigenvalue weighted by Gasteiger charge is -2.10. The molecule has 0 atom stereocenters. The van der Waals surface area contributed by atoms with Crippen molar-refractivity contribution in [2.24, 2.45) is 4.99 Å². The van der Waals surface area contributed by atoms with Crippen LogP contribution in [0, 0.1) is 27.2 Å². The van der Waals surface area contributed by atoms with Crippen molar-refractivity contribution in [2.75, 3.05) is 11.5 Å². The largest absolute Gasteiger partial charge is 0.416 e. The average molecular weight is 1300 g/mol. The Hall–Kier alpha value is -6.24. The predicted molar refractivity (Wildman–Crippen MR) is 259 cm³/mol. The topological polar surface area (TPSA) is 168 Å². The van der Waals surface area contributed by atoms with Gasteiger partial charge in [0.15, 0.2) is 0 Å². The van der Waals surface area contributed by atoms with Crippen molar-refractivity contribution in [3.05, 3.63) is 196 Å². The van der Waals surface area contributed by atoms with Crippen molar-refractivity contribution in [1.29, 1.82) is 0 Å². The summed E-state index contributed by atoms with van der Waals surface area (Å²) in [6.07, 6.45) is -13.9. The number of anilines is 2. The molecule has 2 heterocycles. The summed E-state index contributed by atoms with van der Waals surface area (Å²) in [7, 11) is 0. The number of aryl methyl sites for hydroxylation is 1. The number of nitro benzene ring substituents is 2. The molecule has 0 saturated heterocycles. The minimum atomic E-state index is -4.57. The molecule has 7 rings (SSSR count). The van der Waals surface area contributed by atoms with Gasteiger partial charge in [-0.2, -0.15) is 65.9 Å². The third-order valence-electron chi connectivity index (χ3n) is 8.24. The highest BCUT2D eigenvalue weighted by atomic mass is 127. The summed E-state index contributed by atoms with van der Waals surface area (Å²) in [6, 6.07) is 18.6. The molecular weight excluding hydrogens is 1260 g/mol. The second-order valence-electron chi connectivity index (χ2n) is 14.0. The van der Waals surface area contributed by atoms with E-state index in [4.69, 9.17) is 11.5 Å². The average Bonchev–Trinajstić information content (AvgIpc) is 3.93. The molecule has 1 aromatic heterocycles. The number of nitro groups is 2. The highest BCUT2D eigenvalue weighted by Gasteiger charge is 2.34. The van der Waals surface area contributed by atoms with Crippen LogP contribution in [0.2, 0.25) is 0 Å². The van der Waals surface area contributed by atoms with Gasteiger partial charge in [-0.25, -0.2) is 4.98 Å². The molecule has 396 valence electrons. The van der Waals surface area contributed by atoms with Gasteiger partial charge < -0.3 is 16.0 Å². The Morgan fingerprint density at radius 3 is 1.37 bits per heavy atom. The monoisotopic (exact) mass is 1290 g/mol. The zero-order valence-corrected chi connectivity index (χ0v) is 42.3. The first-order valence-corrected chi connectivity index (χ1v) is 20.8. The van der Waals surface area contributed by atoms with Crippen molar-refractivity contribution in [1.82, 2.24) is 9.55 Å². The fraction of sp³-hybridized carbons (Fsp3) is 0.182. The first-order chi connectivity index (χ1) is 33.0. The van der Waals surface area contributed by atoms with Crippen LogP contribution in [0.5, 0.6) is 0 Å². The summed E-state index contributed by atoms with van der Waals surface area (Å²) in [5.74, 6) is 0. The number of imidazole rings is 1. The number of halogens is 18. The van der Waals surface area contributed by atoms with Gasteiger partial charge in [-0.15, -0.1) is 24.0 Å². The van der Waals surface area contributed by atoms with Crippen LogP contribution in [0.15, 0.2) is 147 Å². The molecule has 6 aromatic rings. The van der Waals surface area contributed by atoms with Crippen LogP contribution in [0.3, 0.4) is 0 Å². The van der Waals surface area contributed by atoms with Gasteiger partial charge >= 0.3 is 30.9 Å². The number of alkyl halides is 15. The summed E-state index contributed by atoms with van der Waals surface area (Å²) in [5, 5.41) is 20.4. The molecule has 11 nitrogen and oxygen atoms in total. The molecule has 0 radical (unpaired) electrons. The number of nitrogens with zero attached hydrogens (tertiary/aromatic N) is 5. The number of benzene rings is 5. The number of hydrogen-bond donors (Lipinski definition) is 2. The highest BCUT2D eigenvalue weighted by Crippen LogP contribution is 2.36. The number of nitrogen functional groups attached to an aromatic ring is 2. The van der Waals surface area contributed by atoms with E-state index in [9.17, 15) is 86.1 Å². The van der Waals surface area contributed by atoms with Crippen LogP contribution in [0.25, 0.3) is 5.69 Å². The van der Waals surface area contributed by atoms with E-state index in [-0.39, 0.29) is 39.8 Å². The molecule has 29 heteroatoms. The van der Waals surface area contributed by atoms with Crippen molar-refractivity contribution in [2.45, 2.75) is 51.1 Å². The Morgan fingerprint density at radius 1 is 0.548 bits per heavy atom. The Bertz CT molecular complexity index is 2800. The molecule has 0 fully saturated rings. The Kier molecular flexibility index (Phi) is 24.6. The predicted octanol–water partition coefficient (Wildman–Crippen LogP) is 16.5.